The molecule has 1 saturated heterocycles. The van der Waals surface area contributed by atoms with Crippen LogP contribution in [0, 0.1) is 26.2 Å². The number of hydrogen-bond donors (Lipinski definition) is 2. The Morgan fingerprint density at radius 3 is 2.56 bits per heavy atom. The van der Waals surface area contributed by atoms with Crippen LogP contribution in [0.4, 0.5) is 19.0 Å². The molecule has 2 N–H and O–H groups in total. The summed E-state index contributed by atoms with van der Waals surface area (Å²) in [5.41, 5.74) is 5.73. The van der Waals surface area contributed by atoms with Crippen LogP contribution in [0.25, 0.3) is 5.70 Å². The molecule has 0 unspecified atom stereocenters. The normalized spacial score (nSPS) is 17.3. The molecule has 2 aliphatic rings. The van der Waals surface area contributed by atoms with Crippen LogP contribution in [-0.2, 0) is 9.63 Å². The van der Waals surface area contributed by atoms with Gasteiger partial charge in [-0.1, -0.05) is 6.07 Å². The number of aliphatic imine (C=N–C) groups is 1. The highest BCUT2D eigenvalue weighted by atomic mass is 32.2. The third-order valence-corrected chi connectivity index (χ3v) is 8.30. The third kappa shape index (κ3) is 9.89. The summed E-state index contributed by atoms with van der Waals surface area (Å²) in [4.78, 5) is 30.6. The summed E-state index contributed by atoms with van der Waals surface area (Å²) in [5, 5.41) is 6.31. The molecular weight excluding hydrogens is 549 g/mol. The number of halogens is 3. The van der Waals surface area contributed by atoms with Crippen LogP contribution >= 0.6 is 23.1 Å². The predicted molar refractivity (Wildman–Crippen MR) is 152 cm³/mol. The lowest BCUT2D eigenvalue weighted by Gasteiger charge is -2.52. The molecule has 0 atom stereocenters. The number of thiazole rings is 1. The van der Waals surface area contributed by atoms with Crippen LogP contribution < -0.4 is 10.8 Å². The molecular formula is C26H35F3N6O2S2. The van der Waals surface area contributed by atoms with E-state index < -0.39 is 12.8 Å². The molecule has 1 spiro atoms. The summed E-state index contributed by atoms with van der Waals surface area (Å²) >= 11 is 3.27. The topological polar surface area (TPSA) is 91.7 Å². The molecule has 1 saturated carbocycles. The lowest BCUT2D eigenvalue weighted by Crippen LogP contribution is -2.58. The van der Waals surface area contributed by atoms with E-state index in [1.54, 1.807) is 28.0 Å². The quantitative estimate of drug-likeness (QED) is 0.121. The van der Waals surface area contributed by atoms with Crippen molar-refractivity contribution >= 4 is 47.7 Å². The molecule has 1 aliphatic carbocycles. The van der Waals surface area contributed by atoms with Gasteiger partial charge in [0.15, 0.2) is 6.61 Å². The smallest absolute Gasteiger partial charge is 0.361 e. The Morgan fingerprint density at radius 1 is 1.31 bits per heavy atom. The Kier molecular flexibility index (Phi) is 11.3. The standard InChI is InChI=1S/C15H18N4S2.C11H17F3N2O2/c1-10-5-6-14(17-7-10)18-9-20-8-13(16-4)15-11(2)19-12(3)21-15;12-11(13,14)7-18-15-9-1-3-10(4-2-9)5-16(6-10)8-17/h5-8H,4,9H2,1-3H3,(H,17,18);8-9,15H,1-7H2/b13-8-;. The fourth-order valence-corrected chi connectivity index (χ4v) is 6.17. The minimum absolute atomic E-state index is 0.0109. The molecule has 13 heteroatoms. The molecule has 8 nitrogen and oxygen atoms in total. The Morgan fingerprint density at radius 2 is 2.03 bits per heavy atom. The second-order valence-electron chi connectivity index (χ2n) is 9.82. The second-order valence-corrected chi connectivity index (χ2v) is 11.9. The fourth-order valence-electron chi connectivity index (χ4n) is 4.54. The third-order valence-electron chi connectivity index (χ3n) is 6.51. The first kappa shape index (κ1) is 31.1. The number of nitrogens with zero attached hydrogens (tertiary/aromatic N) is 4. The van der Waals surface area contributed by atoms with Crippen molar-refractivity contribution in [3.8, 4) is 0 Å². The van der Waals surface area contributed by atoms with Gasteiger partial charge < -0.3 is 10.2 Å². The molecule has 2 aromatic rings. The van der Waals surface area contributed by atoms with Gasteiger partial charge in [-0.05, 0) is 70.2 Å². The van der Waals surface area contributed by atoms with Gasteiger partial charge in [0.05, 0.1) is 27.2 Å². The van der Waals surface area contributed by atoms with Crippen LogP contribution in [0.2, 0.25) is 0 Å². The zero-order chi connectivity index (χ0) is 28.5. The molecule has 0 bridgehead atoms. The number of nitrogens with one attached hydrogen (secondary N) is 2. The highest BCUT2D eigenvalue weighted by Gasteiger charge is 2.44. The summed E-state index contributed by atoms with van der Waals surface area (Å²) in [6, 6.07) is 4.00. The van der Waals surface area contributed by atoms with Crippen LogP contribution in [0.5, 0.6) is 0 Å². The molecule has 4 rings (SSSR count). The van der Waals surface area contributed by atoms with Crippen LogP contribution in [0.3, 0.4) is 0 Å². The highest BCUT2D eigenvalue weighted by molar-refractivity contribution is 8.02. The largest absolute Gasteiger partial charge is 0.413 e. The van der Waals surface area contributed by atoms with Gasteiger partial charge in [-0.2, -0.15) is 18.7 Å². The van der Waals surface area contributed by atoms with Gasteiger partial charge in [0.25, 0.3) is 0 Å². The molecule has 0 radical (unpaired) electrons. The van der Waals surface area contributed by atoms with Gasteiger partial charge >= 0.3 is 6.18 Å². The number of likely N-dealkylation sites (tertiary alicyclic amines) is 1. The number of anilines is 1. The van der Waals surface area contributed by atoms with Crippen LogP contribution in [0.1, 0.15) is 46.8 Å². The Bertz CT molecular complexity index is 1110. The number of pyridine rings is 1. The van der Waals surface area contributed by atoms with Crippen LogP contribution in [-0.4, -0.2) is 65.8 Å². The second kappa shape index (κ2) is 14.2. The molecule has 3 heterocycles. The average Bonchev–Trinajstić information content (AvgIpc) is 3.21. The number of aromatic nitrogens is 2. The van der Waals surface area contributed by atoms with Gasteiger partial charge in [0.2, 0.25) is 6.41 Å². The zero-order valence-electron chi connectivity index (χ0n) is 22.4. The first-order valence-electron chi connectivity index (χ1n) is 12.6. The number of rotatable bonds is 10. The molecule has 2 aromatic heterocycles. The van der Waals surface area contributed by atoms with E-state index in [0.29, 0.717) is 0 Å². The van der Waals surface area contributed by atoms with Gasteiger partial charge in [-0.3, -0.25) is 14.6 Å². The SMILES string of the molecule is C=N/C(=C\SCNc1ccc(C)cn1)c1sc(C)nc1C.O=CN1CC2(CCC(NOCC(F)(F)F)CC2)C1. The van der Waals surface area contributed by atoms with Crippen molar-refractivity contribution in [2.45, 2.75) is 58.7 Å². The number of aryl methyl sites for hydroxylation is 3. The number of alkyl halides is 3. The summed E-state index contributed by atoms with van der Waals surface area (Å²) in [6.07, 6.45) is 1.87. The zero-order valence-corrected chi connectivity index (χ0v) is 24.0. The van der Waals surface area contributed by atoms with E-state index in [4.69, 9.17) is 0 Å². The van der Waals surface area contributed by atoms with Gasteiger partial charge in [0, 0.05) is 30.7 Å². The summed E-state index contributed by atoms with van der Waals surface area (Å²) in [7, 11) is 0. The molecule has 0 aromatic carbocycles. The number of carbonyl (C=O) groups excluding carboxylic acids is 1. The summed E-state index contributed by atoms with van der Waals surface area (Å²) in [6.45, 7) is 9.98. The van der Waals surface area contributed by atoms with E-state index in [1.165, 1.54) is 0 Å². The van der Waals surface area contributed by atoms with E-state index in [0.717, 1.165) is 83.7 Å². The van der Waals surface area contributed by atoms with Crippen LogP contribution in [0.15, 0.2) is 28.7 Å². The maximum atomic E-state index is 11.9. The predicted octanol–water partition coefficient (Wildman–Crippen LogP) is 5.74. The molecule has 1 aliphatic heterocycles. The lowest BCUT2D eigenvalue weighted by atomic mass is 9.68. The summed E-state index contributed by atoms with van der Waals surface area (Å²) < 4.78 is 35.6. The molecule has 2 fully saturated rings. The maximum absolute atomic E-state index is 11.9. The molecule has 1 amide bonds. The number of thioether (sulfide) groups is 1. The Balaban J connectivity index is 0.000000218. The van der Waals surface area contributed by atoms with Gasteiger partial charge in [0.1, 0.15) is 5.82 Å². The van der Waals surface area contributed by atoms with Gasteiger partial charge in [-0.15, -0.1) is 23.1 Å². The summed E-state index contributed by atoms with van der Waals surface area (Å²) in [5.74, 6) is 1.60. The maximum Gasteiger partial charge on any atom is 0.413 e. The van der Waals surface area contributed by atoms with Crippen molar-refractivity contribution < 1.29 is 22.8 Å². The molecule has 214 valence electrons. The van der Waals surface area contributed by atoms with E-state index in [-0.39, 0.29) is 11.5 Å². The monoisotopic (exact) mass is 584 g/mol. The van der Waals surface area contributed by atoms with E-state index in [1.807, 2.05) is 44.5 Å². The van der Waals surface area contributed by atoms with Crippen molar-refractivity contribution in [3.63, 3.8) is 0 Å². The van der Waals surface area contributed by atoms with Crippen molar-refractivity contribution in [2.24, 2.45) is 10.4 Å². The molecule has 39 heavy (non-hydrogen) atoms. The fraction of sp³-hybridized carbons (Fsp3) is 0.538. The highest BCUT2D eigenvalue weighted by Crippen LogP contribution is 2.43. The van der Waals surface area contributed by atoms with Gasteiger partial charge in [-0.25, -0.2) is 9.97 Å². The van der Waals surface area contributed by atoms with E-state index in [2.05, 4.69) is 37.3 Å². The van der Waals surface area contributed by atoms with Crippen molar-refractivity contribution in [1.82, 2.24) is 20.3 Å². The number of carbonyl (C=O) groups is 1. The minimum Gasteiger partial charge on any atom is -0.361 e. The van der Waals surface area contributed by atoms with Crippen molar-refractivity contribution in [1.29, 1.82) is 0 Å². The first-order valence-corrected chi connectivity index (χ1v) is 14.4. The van der Waals surface area contributed by atoms with Crippen molar-refractivity contribution in [2.75, 3.05) is 30.9 Å². The number of hydrogen-bond acceptors (Lipinski definition) is 9. The average molecular weight is 585 g/mol. The van der Waals surface area contributed by atoms with Crippen molar-refractivity contribution in [3.05, 3.63) is 44.9 Å². The number of hydroxylamine groups is 1. The minimum atomic E-state index is -4.29. The first-order chi connectivity index (χ1) is 18.5. The Hall–Kier alpha value is -2.48. The lowest BCUT2D eigenvalue weighted by molar-refractivity contribution is -0.195. The van der Waals surface area contributed by atoms with E-state index >= 15 is 0 Å². The Labute approximate surface area is 235 Å². The van der Waals surface area contributed by atoms with E-state index in [9.17, 15) is 18.0 Å². The number of amides is 1.